The Morgan fingerprint density at radius 1 is 1.40 bits per heavy atom. The number of hydrogen-bond acceptors (Lipinski definition) is 3. The van der Waals surface area contributed by atoms with Crippen molar-refractivity contribution >= 4 is 5.91 Å². The predicted molar refractivity (Wildman–Crippen MR) is 59.6 cm³/mol. The molecule has 0 radical (unpaired) electrons. The maximum atomic E-state index is 11.2. The van der Waals surface area contributed by atoms with Crippen LogP contribution in [0.1, 0.15) is 39.0 Å². The van der Waals surface area contributed by atoms with Crippen molar-refractivity contribution in [2.45, 2.75) is 51.2 Å². The Morgan fingerprint density at radius 2 is 2.13 bits per heavy atom. The number of aliphatic hydroxyl groups is 1. The summed E-state index contributed by atoms with van der Waals surface area (Å²) in [6, 6.07) is 0.188. The Hall–Kier alpha value is -0.610. The van der Waals surface area contributed by atoms with Crippen LogP contribution in [0.2, 0.25) is 0 Å². The fourth-order valence-electron chi connectivity index (χ4n) is 2.01. The summed E-state index contributed by atoms with van der Waals surface area (Å²) in [7, 11) is 0. The Kier molecular flexibility index (Phi) is 5.65. The third-order valence-corrected chi connectivity index (χ3v) is 2.86. The summed E-state index contributed by atoms with van der Waals surface area (Å²) in [6.07, 6.45) is 4.48. The van der Waals surface area contributed by atoms with Gasteiger partial charge in [-0.2, -0.15) is 0 Å². The minimum Gasteiger partial charge on any atom is -0.392 e. The van der Waals surface area contributed by atoms with Crippen LogP contribution in [-0.4, -0.2) is 36.2 Å². The predicted octanol–water partition coefficient (Wildman–Crippen LogP) is 0.406. The number of amides is 1. The standard InChI is InChI=1S/C11H22N2O2/c1-2-12-11(15)7-8-13-9-5-3-4-6-10(9)14/h9-10,13-14H,2-8H2,1H3,(H,12,15). The zero-order valence-corrected chi connectivity index (χ0v) is 9.46. The van der Waals surface area contributed by atoms with E-state index in [2.05, 4.69) is 10.6 Å². The number of hydrogen-bond donors (Lipinski definition) is 3. The lowest BCUT2D eigenvalue weighted by Gasteiger charge is -2.28. The van der Waals surface area contributed by atoms with E-state index in [9.17, 15) is 9.90 Å². The summed E-state index contributed by atoms with van der Waals surface area (Å²) in [5, 5.41) is 15.7. The van der Waals surface area contributed by atoms with Crippen molar-refractivity contribution in [3.8, 4) is 0 Å². The van der Waals surface area contributed by atoms with E-state index in [0.29, 0.717) is 19.5 Å². The number of carbonyl (C=O) groups excluding carboxylic acids is 1. The SMILES string of the molecule is CCNC(=O)CCNC1CCCCC1O. The van der Waals surface area contributed by atoms with Crippen LogP contribution in [0, 0.1) is 0 Å². The fraction of sp³-hybridized carbons (Fsp3) is 0.909. The van der Waals surface area contributed by atoms with Crippen molar-refractivity contribution in [3.63, 3.8) is 0 Å². The molecule has 4 nitrogen and oxygen atoms in total. The fourth-order valence-corrected chi connectivity index (χ4v) is 2.01. The first-order valence-corrected chi connectivity index (χ1v) is 5.92. The van der Waals surface area contributed by atoms with E-state index in [1.807, 2.05) is 6.92 Å². The second-order valence-corrected chi connectivity index (χ2v) is 4.12. The summed E-state index contributed by atoms with van der Waals surface area (Å²) in [5.41, 5.74) is 0. The average Bonchev–Trinajstić information content (AvgIpc) is 2.21. The van der Waals surface area contributed by atoms with Crippen LogP contribution >= 0.6 is 0 Å². The van der Waals surface area contributed by atoms with Gasteiger partial charge in [0, 0.05) is 25.6 Å². The molecule has 1 saturated carbocycles. The van der Waals surface area contributed by atoms with Gasteiger partial charge in [0.2, 0.25) is 5.91 Å². The maximum absolute atomic E-state index is 11.2. The van der Waals surface area contributed by atoms with Crippen LogP contribution in [0.4, 0.5) is 0 Å². The van der Waals surface area contributed by atoms with Crippen LogP contribution in [0.25, 0.3) is 0 Å². The van der Waals surface area contributed by atoms with Crippen molar-refractivity contribution in [2.24, 2.45) is 0 Å². The van der Waals surface area contributed by atoms with Gasteiger partial charge < -0.3 is 15.7 Å². The number of nitrogens with one attached hydrogen (secondary N) is 2. The molecule has 0 aromatic carbocycles. The van der Waals surface area contributed by atoms with Gasteiger partial charge in [0.1, 0.15) is 0 Å². The third kappa shape index (κ3) is 4.62. The molecule has 3 N–H and O–H groups in total. The topological polar surface area (TPSA) is 61.4 Å². The lowest BCUT2D eigenvalue weighted by atomic mass is 9.92. The maximum Gasteiger partial charge on any atom is 0.221 e. The smallest absolute Gasteiger partial charge is 0.221 e. The highest BCUT2D eigenvalue weighted by Gasteiger charge is 2.21. The quantitative estimate of drug-likeness (QED) is 0.621. The molecular weight excluding hydrogens is 192 g/mol. The molecule has 88 valence electrons. The molecule has 2 unspecified atom stereocenters. The van der Waals surface area contributed by atoms with E-state index in [4.69, 9.17) is 0 Å². The molecule has 1 aliphatic carbocycles. The highest BCUT2D eigenvalue weighted by molar-refractivity contribution is 5.75. The van der Waals surface area contributed by atoms with Crippen molar-refractivity contribution in [3.05, 3.63) is 0 Å². The van der Waals surface area contributed by atoms with Gasteiger partial charge in [-0.05, 0) is 19.8 Å². The summed E-state index contributed by atoms with van der Waals surface area (Å²) in [6.45, 7) is 3.26. The van der Waals surface area contributed by atoms with Gasteiger partial charge in [0.15, 0.2) is 0 Å². The van der Waals surface area contributed by atoms with Crippen molar-refractivity contribution in [2.75, 3.05) is 13.1 Å². The number of carbonyl (C=O) groups is 1. The molecule has 0 heterocycles. The molecule has 15 heavy (non-hydrogen) atoms. The lowest BCUT2D eigenvalue weighted by molar-refractivity contribution is -0.120. The number of aliphatic hydroxyl groups excluding tert-OH is 1. The molecule has 0 aromatic heterocycles. The summed E-state index contributed by atoms with van der Waals surface area (Å²) >= 11 is 0. The van der Waals surface area contributed by atoms with Crippen molar-refractivity contribution in [1.82, 2.24) is 10.6 Å². The van der Waals surface area contributed by atoms with E-state index >= 15 is 0 Å². The molecule has 1 rings (SSSR count). The molecule has 0 aromatic rings. The molecule has 0 spiro atoms. The second kappa shape index (κ2) is 6.80. The van der Waals surface area contributed by atoms with Crippen molar-refractivity contribution < 1.29 is 9.90 Å². The van der Waals surface area contributed by atoms with E-state index in [1.54, 1.807) is 0 Å². The van der Waals surface area contributed by atoms with Crippen molar-refractivity contribution in [1.29, 1.82) is 0 Å². The van der Waals surface area contributed by atoms with E-state index < -0.39 is 0 Å². The normalized spacial score (nSPS) is 26.3. The van der Waals surface area contributed by atoms with E-state index in [-0.39, 0.29) is 18.1 Å². The van der Waals surface area contributed by atoms with Gasteiger partial charge in [0.05, 0.1) is 6.10 Å². The molecule has 4 heteroatoms. The Labute approximate surface area is 91.4 Å². The summed E-state index contributed by atoms with van der Waals surface area (Å²) in [5.74, 6) is 0.0790. The Balaban J connectivity index is 2.10. The van der Waals surface area contributed by atoms with Gasteiger partial charge in [-0.1, -0.05) is 12.8 Å². The minimum atomic E-state index is -0.229. The zero-order valence-electron chi connectivity index (χ0n) is 9.46. The lowest BCUT2D eigenvalue weighted by Crippen LogP contribution is -2.43. The molecule has 1 amide bonds. The Bertz CT molecular complexity index is 197. The highest BCUT2D eigenvalue weighted by Crippen LogP contribution is 2.17. The van der Waals surface area contributed by atoms with Crippen LogP contribution in [-0.2, 0) is 4.79 Å². The van der Waals surface area contributed by atoms with E-state index in [0.717, 1.165) is 19.3 Å². The largest absolute Gasteiger partial charge is 0.392 e. The van der Waals surface area contributed by atoms with Crippen LogP contribution in [0.15, 0.2) is 0 Å². The van der Waals surface area contributed by atoms with Crippen LogP contribution < -0.4 is 10.6 Å². The van der Waals surface area contributed by atoms with Gasteiger partial charge >= 0.3 is 0 Å². The average molecular weight is 214 g/mol. The first-order chi connectivity index (χ1) is 7.24. The van der Waals surface area contributed by atoms with Gasteiger partial charge in [-0.3, -0.25) is 4.79 Å². The molecule has 0 bridgehead atoms. The van der Waals surface area contributed by atoms with Crippen LogP contribution in [0.3, 0.4) is 0 Å². The first-order valence-electron chi connectivity index (χ1n) is 5.92. The first kappa shape index (κ1) is 12.5. The minimum absolute atomic E-state index is 0.0790. The summed E-state index contributed by atoms with van der Waals surface area (Å²) < 4.78 is 0. The molecule has 0 aliphatic heterocycles. The third-order valence-electron chi connectivity index (χ3n) is 2.86. The van der Waals surface area contributed by atoms with Crippen LogP contribution in [0.5, 0.6) is 0 Å². The molecule has 0 saturated heterocycles. The molecule has 1 fully saturated rings. The van der Waals surface area contributed by atoms with Gasteiger partial charge in [0.25, 0.3) is 0 Å². The van der Waals surface area contributed by atoms with Gasteiger partial charge in [-0.15, -0.1) is 0 Å². The highest BCUT2D eigenvalue weighted by atomic mass is 16.3. The van der Waals surface area contributed by atoms with Gasteiger partial charge in [-0.25, -0.2) is 0 Å². The summed E-state index contributed by atoms with van der Waals surface area (Å²) in [4.78, 5) is 11.2. The monoisotopic (exact) mass is 214 g/mol. The zero-order chi connectivity index (χ0) is 11.1. The Morgan fingerprint density at radius 3 is 2.80 bits per heavy atom. The van der Waals surface area contributed by atoms with E-state index in [1.165, 1.54) is 6.42 Å². The molecule has 1 aliphatic rings. The molecule has 2 atom stereocenters. The number of rotatable bonds is 5. The molecular formula is C11H22N2O2. The second-order valence-electron chi connectivity index (χ2n) is 4.12.